The fourth-order valence-corrected chi connectivity index (χ4v) is 5.62. The number of hydrogen-bond donors (Lipinski definition) is 0. The number of methoxy groups -OCH3 is 2. The van der Waals surface area contributed by atoms with Crippen LogP contribution in [0.25, 0.3) is 0 Å². The predicted molar refractivity (Wildman–Crippen MR) is 117 cm³/mol. The van der Waals surface area contributed by atoms with Crippen LogP contribution in [0.15, 0.2) is 12.4 Å². The van der Waals surface area contributed by atoms with Gasteiger partial charge in [0, 0.05) is 26.6 Å². The molecule has 0 spiro atoms. The van der Waals surface area contributed by atoms with E-state index < -0.39 is 27.3 Å². The average Bonchev–Trinajstić information content (AvgIpc) is 3.46. The summed E-state index contributed by atoms with van der Waals surface area (Å²) in [6.45, 7) is 3.29. The Balaban J connectivity index is 1.64. The Kier molecular flexibility index (Phi) is 7.32. The third kappa shape index (κ3) is 5.05. The molecule has 3 atom stereocenters. The van der Waals surface area contributed by atoms with Gasteiger partial charge in [-0.25, -0.2) is 18.4 Å². The van der Waals surface area contributed by atoms with Gasteiger partial charge in [-0.1, -0.05) is 11.6 Å². The zero-order chi connectivity index (χ0) is 23.6. The third-order valence-electron chi connectivity index (χ3n) is 6.05. The number of hydrogen-bond acceptors (Lipinski definition) is 10. The molecular formula is C20H28ClN5O6S. The SMILES string of the molecule is COCC1(n2c(CS(=O)(=O)[C@@H](C)[C@H](OC)c3ncc(Cl)cn3)nnc2[C@H]2COCCO2)CC1. The van der Waals surface area contributed by atoms with Crippen molar-refractivity contribution in [3.05, 3.63) is 34.9 Å². The molecule has 0 bridgehead atoms. The molecule has 0 aromatic carbocycles. The Morgan fingerprint density at radius 1 is 1.24 bits per heavy atom. The summed E-state index contributed by atoms with van der Waals surface area (Å²) in [6, 6.07) is 0. The molecule has 182 valence electrons. The lowest BCUT2D eigenvalue weighted by atomic mass is 10.2. The summed E-state index contributed by atoms with van der Waals surface area (Å²) in [5, 5.41) is 8.00. The highest BCUT2D eigenvalue weighted by atomic mass is 35.5. The van der Waals surface area contributed by atoms with E-state index in [4.69, 9.17) is 30.5 Å². The van der Waals surface area contributed by atoms with Crippen LogP contribution in [-0.2, 0) is 40.1 Å². The molecule has 2 aromatic heterocycles. The molecule has 0 N–H and O–H groups in total. The molecule has 33 heavy (non-hydrogen) atoms. The van der Waals surface area contributed by atoms with Gasteiger partial charge < -0.3 is 23.5 Å². The minimum Gasteiger partial charge on any atom is -0.382 e. The first-order chi connectivity index (χ1) is 15.8. The quantitative estimate of drug-likeness (QED) is 0.473. The van der Waals surface area contributed by atoms with Gasteiger partial charge >= 0.3 is 0 Å². The Bertz CT molecular complexity index is 1050. The molecule has 4 rings (SSSR count). The minimum absolute atomic E-state index is 0.242. The Morgan fingerprint density at radius 3 is 2.55 bits per heavy atom. The summed E-state index contributed by atoms with van der Waals surface area (Å²) in [7, 11) is -0.697. The lowest BCUT2D eigenvalue weighted by Gasteiger charge is -2.27. The average molecular weight is 502 g/mol. The van der Waals surface area contributed by atoms with Crippen LogP contribution in [0.2, 0.25) is 5.02 Å². The normalized spacial score (nSPS) is 22.1. The lowest BCUT2D eigenvalue weighted by molar-refractivity contribution is -0.0957. The zero-order valence-corrected chi connectivity index (χ0v) is 20.4. The molecule has 0 unspecified atom stereocenters. The van der Waals surface area contributed by atoms with Crippen LogP contribution in [0.4, 0.5) is 0 Å². The van der Waals surface area contributed by atoms with E-state index >= 15 is 0 Å². The Morgan fingerprint density at radius 2 is 1.97 bits per heavy atom. The van der Waals surface area contributed by atoms with E-state index in [2.05, 4.69) is 20.2 Å². The van der Waals surface area contributed by atoms with Gasteiger partial charge in [0.15, 0.2) is 21.5 Å². The number of ether oxygens (including phenoxy) is 4. The molecule has 1 saturated heterocycles. The van der Waals surface area contributed by atoms with Crippen molar-refractivity contribution in [2.75, 3.05) is 40.6 Å². The minimum atomic E-state index is -3.74. The molecule has 11 nitrogen and oxygen atoms in total. The van der Waals surface area contributed by atoms with Crippen molar-refractivity contribution in [2.45, 2.75) is 48.5 Å². The first-order valence-corrected chi connectivity index (χ1v) is 12.8. The van der Waals surface area contributed by atoms with Crippen LogP contribution in [0.5, 0.6) is 0 Å². The van der Waals surface area contributed by atoms with Gasteiger partial charge in [0.25, 0.3) is 0 Å². The molecule has 13 heteroatoms. The molecule has 2 aromatic rings. The van der Waals surface area contributed by atoms with E-state index in [0.29, 0.717) is 43.1 Å². The van der Waals surface area contributed by atoms with Gasteiger partial charge in [0.05, 0.1) is 42.2 Å². The van der Waals surface area contributed by atoms with Gasteiger partial charge in [0.2, 0.25) is 0 Å². The van der Waals surface area contributed by atoms with Crippen LogP contribution >= 0.6 is 11.6 Å². The number of nitrogens with zero attached hydrogens (tertiary/aromatic N) is 5. The standard InChI is InChI=1S/C20H28ClN5O6S/c1-13(17(30-3)18-22-8-14(21)9-23-18)33(27,28)11-16-24-25-19(15-10-31-6-7-32-15)26(16)20(4-5-20)12-29-2/h8-9,13,15,17H,4-7,10-12H2,1-3H3/t13-,15+,17-/m0/s1. The second kappa shape index (κ2) is 9.88. The highest BCUT2D eigenvalue weighted by molar-refractivity contribution is 7.91. The largest absolute Gasteiger partial charge is 0.382 e. The molecule has 1 aliphatic carbocycles. The summed E-state index contributed by atoms with van der Waals surface area (Å²) in [4.78, 5) is 8.27. The maximum Gasteiger partial charge on any atom is 0.165 e. The van der Waals surface area contributed by atoms with Crippen molar-refractivity contribution in [3.63, 3.8) is 0 Å². The van der Waals surface area contributed by atoms with Crippen molar-refractivity contribution < 1.29 is 27.4 Å². The second-order valence-corrected chi connectivity index (χ2v) is 11.1. The molecule has 2 aliphatic rings. The van der Waals surface area contributed by atoms with E-state index in [1.165, 1.54) is 19.5 Å². The van der Waals surface area contributed by atoms with E-state index in [1.807, 2.05) is 4.57 Å². The molecule has 0 radical (unpaired) electrons. The lowest BCUT2D eigenvalue weighted by Crippen LogP contribution is -2.34. The van der Waals surface area contributed by atoms with Crippen molar-refractivity contribution in [1.82, 2.24) is 24.7 Å². The summed E-state index contributed by atoms with van der Waals surface area (Å²) in [5.74, 6) is 0.818. The number of halogens is 1. The van der Waals surface area contributed by atoms with E-state index in [0.717, 1.165) is 12.8 Å². The summed E-state index contributed by atoms with van der Waals surface area (Å²) in [6.07, 6.45) is 3.21. The number of sulfone groups is 1. The van der Waals surface area contributed by atoms with Crippen molar-refractivity contribution in [2.24, 2.45) is 0 Å². The molecule has 3 heterocycles. The maximum atomic E-state index is 13.5. The third-order valence-corrected chi connectivity index (χ3v) is 8.28. The van der Waals surface area contributed by atoms with Gasteiger partial charge in [-0.3, -0.25) is 0 Å². The Labute approximate surface area is 197 Å². The molecule has 1 saturated carbocycles. The molecule has 1 aliphatic heterocycles. The highest BCUT2D eigenvalue weighted by Crippen LogP contribution is 2.46. The van der Waals surface area contributed by atoms with Crippen LogP contribution < -0.4 is 0 Å². The molecule has 2 fully saturated rings. The van der Waals surface area contributed by atoms with E-state index in [-0.39, 0.29) is 17.1 Å². The van der Waals surface area contributed by atoms with Gasteiger partial charge in [-0.05, 0) is 19.8 Å². The fourth-order valence-electron chi connectivity index (χ4n) is 4.11. The number of aromatic nitrogens is 5. The van der Waals surface area contributed by atoms with Crippen LogP contribution in [0.1, 0.15) is 49.4 Å². The predicted octanol–water partition coefficient (Wildman–Crippen LogP) is 1.64. The van der Waals surface area contributed by atoms with Crippen molar-refractivity contribution in [1.29, 1.82) is 0 Å². The fraction of sp³-hybridized carbons (Fsp3) is 0.700. The smallest absolute Gasteiger partial charge is 0.165 e. The van der Waals surface area contributed by atoms with Gasteiger partial charge in [-0.2, -0.15) is 0 Å². The summed E-state index contributed by atoms with van der Waals surface area (Å²) >= 11 is 5.86. The van der Waals surface area contributed by atoms with Crippen molar-refractivity contribution >= 4 is 21.4 Å². The first kappa shape index (κ1) is 24.4. The molecular weight excluding hydrogens is 474 g/mol. The van der Waals surface area contributed by atoms with Crippen LogP contribution in [0, 0.1) is 0 Å². The molecule has 0 amide bonds. The topological polar surface area (TPSA) is 128 Å². The summed E-state index contributed by atoms with van der Waals surface area (Å²) < 4.78 is 51.1. The van der Waals surface area contributed by atoms with Crippen LogP contribution in [-0.4, -0.2) is 79.0 Å². The summed E-state index contributed by atoms with van der Waals surface area (Å²) in [5.41, 5.74) is -0.386. The monoisotopic (exact) mass is 501 g/mol. The van der Waals surface area contributed by atoms with Gasteiger partial charge in [0.1, 0.15) is 23.8 Å². The first-order valence-electron chi connectivity index (χ1n) is 10.7. The van der Waals surface area contributed by atoms with Crippen molar-refractivity contribution in [3.8, 4) is 0 Å². The Hall–Kier alpha value is -1.70. The maximum absolute atomic E-state index is 13.5. The number of rotatable bonds is 10. The van der Waals surface area contributed by atoms with E-state index in [1.54, 1.807) is 14.0 Å². The van der Waals surface area contributed by atoms with E-state index in [9.17, 15) is 8.42 Å². The zero-order valence-electron chi connectivity index (χ0n) is 18.8. The van der Waals surface area contributed by atoms with Gasteiger partial charge in [-0.15, -0.1) is 10.2 Å². The van der Waals surface area contributed by atoms with Crippen LogP contribution in [0.3, 0.4) is 0 Å². The second-order valence-electron chi connectivity index (χ2n) is 8.33. The highest BCUT2D eigenvalue weighted by Gasteiger charge is 2.49.